The molecule has 6 saturated carbocycles. The molecular weight excluding hydrogens is 396 g/mol. The Morgan fingerprint density at radius 1 is 0.333 bits per heavy atom. The minimum Gasteiger partial charge on any atom is -0.0625 e. The van der Waals surface area contributed by atoms with Crippen LogP contribution in [0.5, 0.6) is 0 Å². The van der Waals surface area contributed by atoms with Crippen LogP contribution >= 0.6 is 0 Å². The van der Waals surface area contributed by atoms with Crippen molar-refractivity contribution in [3.05, 3.63) is 0 Å². The van der Waals surface area contributed by atoms with Crippen molar-refractivity contribution < 1.29 is 0 Å². The molecule has 0 amide bonds. The molecule has 0 N–H and O–H groups in total. The van der Waals surface area contributed by atoms with Crippen LogP contribution < -0.4 is 0 Å². The Kier molecular flexibility index (Phi) is 7.48. The fourth-order valence-electron chi connectivity index (χ4n) is 11.7. The minimum absolute atomic E-state index is 1.01. The fraction of sp³-hybridized carbons (Fsp3) is 1.00. The maximum atomic E-state index is 2.63. The maximum absolute atomic E-state index is 2.63. The molecule has 0 saturated heterocycles. The summed E-state index contributed by atoms with van der Waals surface area (Å²) in [6, 6.07) is 0. The van der Waals surface area contributed by atoms with Crippen LogP contribution in [0.2, 0.25) is 0 Å². The molecule has 6 rings (SSSR count). The smallest absolute Gasteiger partial charge is 0.0323 e. The summed E-state index contributed by atoms with van der Waals surface area (Å²) in [6.45, 7) is 2.63. The Morgan fingerprint density at radius 3 is 1.36 bits per heavy atom. The van der Waals surface area contributed by atoms with Crippen LogP contribution in [0.1, 0.15) is 142 Å². The third-order valence-electron chi connectivity index (χ3n) is 12.9. The van der Waals surface area contributed by atoms with Crippen molar-refractivity contribution >= 4 is 0 Å². The van der Waals surface area contributed by atoms with Crippen molar-refractivity contribution in [2.45, 2.75) is 142 Å². The number of hydrogen-bond donors (Lipinski definition) is 0. The molecule has 0 nitrogen and oxygen atoms in total. The molecule has 0 spiro atoms. The van der Waals surface area contributed by atoms with Crippen LogP contribution in [0, 0.1) is 65.1 Å². The van der Waals surface area contributed by atoms with Gasteiger partial charge in [0.05, 0.1) is 0 Å². The summed E-state index contributed by atoms with van der Waals surface area (Å²) in [5, 5.41) is 0. The van der Waals surface area contributed by atoms with E-state index in [0.29, 0.717) is 0 Å². The van der Waals surface area contributed by atoms with E-state index in [9.17, 15) is 0 Å². The van der Waals surface area contributed by atoms with Crippen LogP contribution in [0.3, 0.4) is 0 Å². The fourth-order valence-corrected chi connectivity index (χ4v) is 11.7. The maximum Gasteiger partial charge on any atom is -0.0323 e. The van der Waals surface area contributed by atoms with Gasteiger partial charge in [-0.15, -0.1) is 0 Å². The monoisotopic (exact) mass is 452 g/mol. The van der Waals surface area contributed by atoms with Gasteiger partial charge in [-0.05, 0) is 97.2 Å². The average Bonchev–Trinajstić information content (AvgIpc) is 2.88. The van der Waals surface area contributed by atoms with E-state index in [0.717, 1.165) is 65.1 Å². The third kappa shape index (κ3) is 4.73. The lowest BCUT2D eigenvalue weighted by Gasteiger charge is -2.62. The molecule has 6 fully saturated rings. The zero-order chi connectivity index (χ0) is 22.2. The largest absolute Gasteiger partial charge is 0.0625 e. The summed E-state index contributed by atoms with van der Waals surface area (Å²) in [5.41, 5.74) is 0. The van der Waals surface area contributed by atoms with Crippen LogP contribution in [-0.2, 0) is 0 Å². The van der Waals surface area contributed by atoms with Crippen molar-refractivity contribution in [1.29, 1.82) is 0 Å². The summed E-state index contributed by atoms with van der Waals surface area (Å²) in [6.07, 6.45) is 33.3. The highest BCUT2D eigenvalue weighted by molar-refractivity contribution is 5.05. The zero-order valence-electron chi connectivity index (χ0n) is 22.2. The van der Waals surface area contributed by atoms with E-state index >= 15 is 0 Å². The molecule has 8 unspecified atom stereocenters. The average molecular weight is 453 g/mol. The van der Waals surface area contributed by atoms with Gasteiger partial charge in [0.1, 0.15) is 0 Å². The van der Waals surface area contributed by atoms with E-state index in [2.05, 4.69) is 6.92 Å². The molecule has 0 aliphatic heterocycles. The van der Waals surface area contributed by atoms with Gasteiger partial charge in [0.25, 0.3) is 0 Å². The number of rotatable bonds is 3. The molecule has 8 atom stereocenters. The van der Waals surface area contributed by atoms with E-state index in [-0.39, 0.29) is 0 Å². The van der Waals surface area contributed by atoms with Gasteiger partial charge >= 0.3 is 0 Å². The molecule has 6 aliphatic carbocycles. The van der Waals surface area contributed by atoms with Gasteiger partial charge in [-0.25, -0.2) is 0 Å². The number of hydrogen-bond acceptors (Lipinski definition) is 0. The van der Waals surface area contributed by atoms with Crippen LogP contribution in [0.4, 0.5) is 0 Å². The van der Waals surface area contributed by atoms with Gasteiger partial charge < -0.3 is 0 Å². The lowest BCUT2D eigenvalue weighted by molar-refractivity contribution is -0.129. The standard InChI is InChI=1S/C33H56/c1-23-17-19-28-30(21-23)33(26-15-9-4-10-16-26)31-22-27(24-11-5-2-6-12-24)18-20-29(31)32(28)25-13-7-3-8-14-25/h23-33H,2-22H2,1H3. The van der Waals surface area contributed by atoms with E-state index in [1.165, 1.54) is 19.3 Å². The molecule has 0 heterocycles. The van der Waals surface area contributed by atoms with Gasteiger partial charge in [0.2, 0.25) is 0 Å². The van der Waals surface area contributed by atoms with E-state index in [1.807, 2.05) is 0 Å². The molecule has 0 aromatic rings. The molecule has 0 aromatic heterocycles. The lowest BCUT2D eigenvalue weighted by Crippen LogP contribution is -2.55. The second-order valence-electron chi connectivity index (χ2n) is 14.5. The summed E-state index contributed by atoms with van der Waals surface area (Å²) in [7, 11) is 0. The highest BCUT2D eigenvalue weighted by Gasteiger charge is 2.56. The summed E-state index contributed by atoms with van der Waals surface area (Å²) < 4.78 is 0. The second-order valence-corrected chi connectivity index (χ2v) is 14.5. The van der Waals surface area contributed by atoms with Crippen molar-refractivity contribution in [2.75, 3.05) is 0 Å². The molecule has 0 radical (unpaired) electrons. The molecule has 0 bridgehead atoms. The first-order valence-corrected chi connectivity index (χ1v) is 16.3. The van der Waals surface area contributed by atoms with Gasteiger partial charge in [-0.2, -0.15) is 0 Å². The van der Waals surface area contributed by atoms with E-state index in [1.54, 1.807) is 116 Å². The zero-order valence-corrected chi connectivity index (χ0v) is 22.2. The summed E-state index contributed by atoms with van der Waals surface area (Å²) in [4.78, 5) is 0. The second kappa shape index (κ2) is 10.5. The van der Waals surface area contributed by atoms with E-state index in [4.69, 9.17) is 0 Å². The Labute approximate surface area is 206 Å². The summed E-state index contributed by atoms with van der Waals surface area (Å²) >= 11 is 0. The number of fused-ring (bicyclic) bond motifs is 2. The molecule has 0 aromatic carbocycles. The van der Waals surface area contributed by atoms with Gasteiger partial charge in [-0.1, -0.05) is 110 Å². The van der Waals surface area contributed by atoms with Crippen LogP contribution in [-0.4, -0.2) is 0 Å². The van der Waals surface area contributed by atoms with Crippen molar-refractivity contribution in [3.63, 3.8) is 0 Å². The molecule has 6 aliphatic rings. The Hall–Kier alpha value is 0. The van der Waals surface area contributed by atoms with Crippen LogP contribution in [0.25, 0.3) is 0 Å². The van der Waals surface area contributed by atoms with Crippen LogP contribution in [0.15, 0.2) is 0 Å². The Balaban J connectivity index is 1.32. The predicted molar refractivity (Wildman–Crippen MR) is 141 cm³/mol. The van der Waals surface area contributed by atoms with Crippen molar-refractivity contribution in [2.24, 2.45) is 65.1 Å². The molecular formula is C33H56. The van der Waals surface area contributed by atoms with Gasteiger partial charge in [-0.3, -0.25) is 0 Å². The molecule has 33 heavy (non-hydrogen) atoms. The van der Waals surface area contributed by atoms with E-state index < -0.39 is 0 Å². The Bertz CT molecular complexity index is 604. The normalized spacial score (nSPS) is 46.5. The Morgan fingerprint density at radius 2 is 0.788 bits per heavy atom. The van der Waals surface area contributed by atoms with Gasteiger partial charge in [0.15, 0.2) is 0 Å². The minimum atomic E-state index is 1.01. The highest BCUT2D eigenvalue weighted by Crippen LogP contribution is 2.63. The van der Waals surface area contributed by atoms with Crippen molar-refractivity contribution in [3.8, 4) is 0 Å². The first kappa shape index (κ1) is 23.4. The SMILES string of the molecule is CC1CCC2C(C1)C(C1CCCCC1)C1CC(C3CCCCC3)CCC1C2C1CCCCC1. The first-order chi connectivity index (χ1) is 16.3. The van der Waals surface area contributed by atoms with Crippen molar-refractivity contribution in [1.82, 2.24) is 0 Å². The lowest BCUT2D eigenvalue weighted by atomic mass is 9.43. The summed E-state index contributed by atoms with van der Waals surface area (Å²) in [5.74, 6) is 12.3. The molecule has 0 heteroatoms. The third-order valence-corrected chi connectivity index (χ3v) is 12.9. The molecule has 188 valence electrons. The topological polar surface area (TPSA) is 0 Å². The highest BCUT2D eigenvalue weighted by atomic mass is 14.6. The predicted octanol–water partition coefficient (Wildman–Crippen LogP) is 10.1. The quantitative estimate of drug-likeness (QED) is 0.399. The first-order valence-electron chi connectivity index (χ1n) is 16.3. The van der Waals surface area contributed by atoms with Gasteiger partial charge in [0, 0.05) is 0 Å².